The Bertz CT molecular complexity index is 1220. The number of amides is 1. The van der Waals surface area contributed by atoms with E-state index in [1.807, 2.05) is 72.8 Å². The average Bonchev–Trinajstić information content (AvgIpc) is 3.58. The van der Waals surface area contributed by atoms with E-state index in [0.717, 1.165) is 48.6 Å². The molecule has 0 atom stereocenters. The molecule has 3 aromatic carbocycles. The van der Waals surface area contributed by atoms with E-state index in [-0.39, 0.29) is 5.91 Å². The van der Waals surface area contributed by atoms with Crippen molar-refractivity contribution in [3.8, 4) is 23.0 Å². The van der Waals surface area contributed by atoms with Gasteiger partial charge in [0.05, 0.1) is 12.8 Å². The molecule has 6 heteroatoms. The molecule has 1 saturated heterocycles. The summed E-state index contributed by atoms with van der Waals surface area (Å²) in [4.78, 5) is 17.4. The van der Waals surface area contributed by atoms with Crippen molar-refractivity contribution in [1.82, 2.24) is 4.90 Å². The van der Waals surface area contributed by atoms with Gasteiger partial charge in [0.2, 0.25) is 0 Å². The maximum atomic E-state index is 13.2. The molecule has 1 amide bonds. The fourth-order valence-electron chi connectivity index (χ4n) is 4.77. The van der Waals surface area contributed by atoms with Crippen molar-refractivity contribution in [3.05, 3.63) is 83.9 Å². The number of para-hydroxylation sites is 2. The Balaban J connectivity index is 1.29. The lowest BCUT2D eigenvalue weighted by Gasteiger charge is -2.19. The number of likely N-dealkylation sites (tertiary alicyclic amines) is 1. The molecule has 0 saturated carbocycles. The molecule has 2 aliphatic rings. The molecule has 186 valence electrons. The van der Waals surface area contributed by atoms with Crippen LogP contribution in [0.25, 0.3) is 6.08 Å². The summed E-state index contributed by atoms with van der Waals surface area (Å²) >= 11 is 0. The normalized spacial score (nSPS) is 15.3. The quantitative estimate of drug-likeness (QED) is 0.372. The third kappa shape index (κ3) is 5.55. The number of fused-ring (bicyclic) bond motifs is 1. The third-order valence-corrected chi connectivity index (χ3v) is 6.69. The van der Waals surface area contributed by atoms with E-state index in [1.54, 1.807) is 18.1 Å². The number of hydrogen-bond acceptors (Lipinski definition) is 5. The van der Waals surface area contributed by atoms with Gasteiger partial charge in [-0.2, -0.15) is 0 Å². The summed E-state index contributed by atoms with van der Waals surface area (Å²) in [6, 6.07) is 21.3. The highest BCUT2D eigenvalue weighted by Gasteiger charge is 2.26. The molecule has 6 nitrogen and oxygen atoms in total. The number of carbonyl (C=O) groups is 1. The minimum Gasteiger partial charge on any atom is -0.493 e. The lowest BCUT2D eigenvalue weighted by atomic mass is 10.1. The number of methoxy groups -OCH3 is 1. The number of rotatable bonds is 9. The van der Waals surface area contributed by atoms with Crippen molar-refractivity contribution < 1.29 is 19.0 Å². The first-order valence-electron chi connectivity index (χ1n) is 12.6. The van der Waals surface area contributed by atoms with Crippen molar-refractivity contribution in [2.75, 3.05) is 44.8 Å². The van der Waals surface area contributed by atoms with Crippen molar-refractivity contribution in [2.24, 2.45) is 0 Å². The van der Waals surface area contributed by atoms with Crippen LogP contribution in [0.4, 0.5) is 5.69 Å². The minimum absolute atomic E-state index is 0.0727. The number of benzene rings is 3. The van der Waals surface area contributed by atoms with Crippen LogP contribution in [0.3, 0.4) is 0 Å². The van der Waals surface area contributed by atoms with Crippen LogP contribution in [-0.2, 0) is 11.2 Å². The number of nitrogens with zero attached hydrogens (tertiary/aromatic N) is 2. The molecule has 36 heavy (non-hydrogen) atoms. The van der Waals surface area contributed by atoms with Crippen LogP contribution in [0.15, 0.2) is 72.8 Å². The van der Waals surface area contributed by atoms with E-state index in [2.05, 4.69) is 4.90 Å². The molecule has 0 aromatic heterocycles. The first-order chi connectivity index (χ1) is 17.7. The fraction of sp³-hybridized carbons (Fsp3) is 0.300. The van der Waals surface area contributed by atoms with Crippen LogP contribution >= 0.6 is 0 Å². The lowest BCUT2D eigenvalue weighted by Crippen LogP contribution is -2.27. The molecule has 0 N–H and O–H groups in total. The predicted molar refractivity (Wildman–Crippen MR) is 142 cm³/mol. The first kappa shape index (κ1) is 23.9. The number of carbonyl (C=O) groups excluding carboxylic acids is 1. The number of anilines is 1. The van der Waals surface area contributed by atoms with Crippen LogP contribution < -0.4 is 19.1 Å². The van der Waals surface area contributed by atoms with E-state index in [0.29, 0.717) is 30.4 Å². The molecule has 0 aliphatic carbocycles. The molecule has 0 radical (unpaired) electrons. The summed E-state index contributed by atoms with van der Waals surface area (Å²) in [6.07, 6.45) is 6.73. The van der Waals surface area contributed by atoms with Crippen LogP contribution in [0.2, 0.25) is 0 Å². The highest BCUT2D eigenvalue weighted by molar-refractivity contribution is 6.05. The SMILES string of the molecule is COc1cc2c(cc1OCCN1CCCC1)N(C(=O)/C=C/c1ccccc1Oc1ccccc1)CC2. The first-order valence-corrected chi connectivity index (χ1v) is 12.6. The molecular weight excluding hydrogens is 452 g/mol. The maximum Gasteiger partial charge on any atom is 0.251 e. The van der Waals surface area contributed by atoms with E-state index in [9.17, 15) is 4.79 Å². The van der Waals surface area contributed by atoms with Gasteiger partial charge in [0.15, 0.2) is 11.5 Å². The van der Waals surface area contributed by atoms with Gasteiger partial charge in [-0.25, -0.2) is 0 Å². The standard InChI is InChI=1S/C30H32N2O4/c1-34-28-21-24-15-18-32(26(24)22-29(28)35-20-19-31-16-7-8-17-31)30(33)14-13-23-9-5-6-12-27(23)36-25-10-3-2-4-11-25/h2-6,9-14,21-22H,7-8,15-20H2,1H3/b14-13+. The van der Waals surface area contributed by atoms with Gasteiger partial charge in [-0.1, -0.05) is 36.4 Å². The van der Waals surface area contributed by atoms with Crippen molar-refractivity contribution in [2.45, 2.75) is 19.3 Å². The van der Waals surface area contributed by atoms with Gasteiger partial charge in [0.1, 0.15) is 18.1 Å². The molecule has 0 spiro atoms. The summed E-state index contributed by atoms with van der Waals surface area (Å²) < 4.78 is 17.7. The molecule has 1 fully saturated rings. The van der Waals surface area contributed by atoms with Gasteiger partial charge < -0.3 is 19.1 Å². The van der Waals surface area contributed by atoms with Crippen LogP contribution in [0.1, 0.15) is 24.0 Å². The molecule has 3 aromatic rings. The Hall–Kier alpha value is -3.77. The summed E-state index contributed by atoms with van der Waals surface area (Å²) in [5.74, 6) is 2.78. The number of hydrogen-bond donors (Lipinski definition) is 0. The lowest BCUT2D eigenvalue weighted by molar-refractivity contribution is -0.114. The van der Waals surface area contributed by atoms with Gasteiger partial charge in [0, 0.05) is 30.8 Å². The Morgan fingerprint density at radius 3 is 2.50 bits per heavy atom. The zero-order valence-corrected chi connectivity index (χ0v) is 20.7. The van der Waals surface area contributed by atoms with Gasteiger partial charge in [-0.05, 0) is 68.3 Å². The van der Waals surface area contributed by atoms with Crippen LogP contribution in [-0.4, -0.2) is 50.7 Å². The highest BCUT2D eigenvalue weighted by Crippen LogP contribution is 2.39. The summed E-state index contributed by atoms with van der Waals surface area (Å²) in [7, 11) is 1.66. The number of ether oxygens (including phenoxy) is 3. The Kier molecular flexibility index (Phi) is 7.52. The zero-order valence-electron chi connectivity index (χ0n) is 20.7. The molecular formula is C30H32N2O4. The topological polar surface area (TPSA) is 51.2 Å². The van der Waals surface area contributed by atoms with Crippen LogP contribution in [0, 0.1) is 0 Å². The monoisotopic (exact) mass is 484 g/mol. The second-order valence-electron chi connectivity index (χ2n) is 9.06. The van der Waals surface area contributed by atoms with Crippen LogP contribution in [0.5, 0.6) is 23.0 Å². The zero-order chi connectivity index (χ0) is 24.7. The predicted octanol–water partition coefficient (Wildman–Crippen LogP) is 5.56. The van der Waals surface area contributed by atoms with Gasteiger partial charge in [0.25, 0.3) is 5.91 Å². The summed E-state index contributed by atoms with van der Waals surface area (Å²) in [5.41, 5.74) is 2.82. The van der Waals surface area contributed by atoms with Crippen molar-refractivity contribution in [3.63, 3.8) is 0 Å². The van der Waals surface area contributed by atoms with E-state index in [4.69, 9.17) is 14.2 Å². The Morgan fingerprint density at radius 2 is 1.69 bits per heavy atom. The second-order valence-corrected chi connectivity index (χ2v) is 9.06. The summed E-state index contributed by atoms with van der Waals surface area (Å²) in [6.45, 7) is 4.40. The molecule has 2 heterocycles. The van der Waals surface area contributed by atoms with E-state index in [1.165, 1.54) is 12.8 Å². The van der Waals surface area contributed by atoms with Gasteiger partial charge in [-0.3, -0.25) is 9.69 Å². The molecule has 0 bridgehead atoms. The highest BCUT2D eigenvalue weighted by atomic mass is 16.5. The van der Waals surface area contributed by atoms with Crippen molar-refractivity contribution >= 4 is 17.7 Å². The van der Waals surface area contributed by atoms with Gasteiger partial charge in [-0.15, -0.1) is 0 Å². The largest absolute Gasteiger partial charge is 0.493 e. The maximum absolute atomic E-state index is 13.2. The second kappa shape index (κ2) is 11.3. The average molecular weight is 485 g/mol. The van der Waals surface area contributed by atoms with E-state index < -0.39 is 0 Å². The van der Waals surface area contributed by atoms with Crippen molar-refractivity contribution in [1.29, 1.82) is 0 Å². The molecule has 2 aliphatic heterocycles. The van der Waals surface area contributed by atoms with Gasteiger partial charge >= 0.3 is 0 Å². The molecule has 5 rings (SSSR count). The van der Waals surface area contributed by atoms with E-state index >= 15 is 0 Å². The Labute approximate surface area is 212 Å². The fourth-order valence-corrected chi connectivity index (χ4v) is 4.77. The minimum atomic E-state index is -0.0727. The summed E-state index contributed by atoms with van der Waals surface area (Å²) in [5, 5.41) is 0. The molecule has 0 unspecified atom stereocenters. The third-order valence-electron chi connectivity index (χ3n) is 6.69. The Morgan fingerprint density at radius 1 is 0.917 bits per heavy atom. The smallest absolute Gasteiger partial charge is 0.251 e.